The van der Waals surface area contributed by atoms with Gasteiger partial charge in [0.15, 0.2) is 5.96 Å². The number of anilines is 1. The summed E-state index contributed by atoms with van der Waals surface area (Å²) in [6.45, 7) is 5.44. The first-order valence-electron chi connectivity index (χ1n) is 10.6. The summed E-state index contributed by atoms with van der Waals surface area (Å²) >= 11 is 5.93. The maximum atomic E-state index is 5.93. The van der Waals surface area contributed by atoms with E-state index in [9.17, 15) is 0 Å². The van der Waals surface area contributed by atoms with Crippen molar-refractivity contribution in [3.8, 4) is 11.4 Å². The van der Waals surface area contributed by atoms with E-state index >= 15 is 0 Å². The maximum Gasteiger partial charge on any atom is 0.228 e. The standard InChI is InChI=1S/C23H27ClN6O.HI/c1-2-25-23(27-19-13-15-30(16-19)20-6-4-3-5-7-20)26-14-12-21-28-22(29-31-21)17-8-10-18(24)11-9-17;/h3-11,19H,2,12-16H2,1H3,(H2,25,26,27);1H. The van der Waals surface area contributed by atoms with Gasteiger partial charge in [0.1, 0.15) is 0 Å². The first-order chi connectivity index (χ1) is 15.2. The van der Waals surface area contributed by atoms with Crippen molar-refractivity contribution >= 4 is 47.2 Å². The highest BCUT2D eigenvalue weighted by molar-refractivity contribution is 14.0. The van der Waals surface area contributed by atoms with Crippen molar-refractivity contribution < 1.29 is 4.52 Å². The van der Waals surface area contributed by atoms with E-state index in [0.717, 1.165) is 37.6 Å². The molecule has 1 fully saturated rings. The van der Waals surface area contributed by atoms with Gasteiger partial charge in [0.2, 0.25) is 11.7 Å². The predicted octanol–water partition coefficient (Wildman–Crippen LogP) is 4.38. The smallest absolute Gasteiger partial charge is 0.228 e. The highest BCUT2D eigenvalue weighted by atomic mass is 127. The second-order valence-electron chi connectivity index (χ2n) is 7.44. The Morgan fingerprint density at radius 2 is 1.97 bits per heavy atom. The third-order valence-corrected chi connectivity index (χ3v) is 5.41. The normalized spacial score (nSPS) is 16.0. The van der Waals surface area contributed by atoms with Crippen LogP contribution in [0.5, 0.6) is 0 Å². The summed E-state index contributed by atoms with van der Waals surface area (Å²) in [5, 5.41) is 11.6. The lowest BCUT2D eigenvalue weighted by molar-refractivity contribution is 0.380. The molecule has 0 spiro atoms. The number of hydrogen-bond acceptors (Lipinski definition) is 5. The van der Waals surface area contributed by atoms with E-state index in [2.05, 4.69) is 56.9 Å². The molecule has 1 aliphatic rings. The Kier molecular flexibility index (Phi) is 9.16. The van der Waals surface area contributed by atoms with E-state index in [1.165, 1.54) is 5.69 Å². The number of aliphatic imine (C=N–C) groups is 1. The molecule has 2 N–H and O–H groups in total. The molecular formula is C23H28ClIN6O. The summed E-state index contributed by atoms with van der Waals surface area (Å²) in [7, 11) is 0. The summed E-state index contributed by atoms with van der Waals surface area (Å²) in [5.41, 5.74) is 2.14. The molecule has 1 aromatic heterocycles. The molecule has 32 heavy (non-hydrogen) atoms. The Morgan fingerprint density at radius 1 is 1.19 bits per heavy atom. The SMILES string of the molecule is CCNC(=NCCc1nc(-c2ccc(Cl)cc2)no1)NC1CCN(c2ccccc2)C1.I. The number of halogens is 2. The average Bonchev–Trinajstić information content (AvgIpc) is 3.45. The molecule has 1 atom stereocenters. The van der Waals surface area contributed by atoms with Gasteiger partial charge < -0.3 is 20.1 Å². The van der Waals surface area contributed by atoms with Gasteiger partial charge in [-0.15, -0.1) is 24.0 Å². The van der Waals surface area contributed by atoms with Crippen LogP contribution in [0, 0.1) is 0 Å². The molecule has 3 aromatic rings. The lowest BCUT2D eigenvalue weighted by atomic mass is 10.2. The highest BCUT2D eigenvalue weighted by Crippen LogP contribution is 2.20. The van der Waals surface area contributed by atoms with Gasteiger partial charge in [0, 0.05) is 48.4 Å². The van der Waals surface area contributed by atoms with Crippen molar-refractivity contribution in [1.29, 1.82) is 0 Å². The minimum absolute atomic E-state index is 0. The third kappa shape index (κ3) is 6.59. The monoisotopic (exact) mass is 566 g/mol. The Hall–Kier alpha value is -2.33. The summed E-state index contributed by atoms with van der Waals surface area (Å²) in [4.78, 5) is 11.6. The van der Waals surface area contributed by atoms with Gasteiger partial charge in [-0.3, -0.25) is 4.99 Å². The number of para-hydroxylation sites is 1. The van der Waals surface area contributed by atoms with Crippen LogP contribution in [-0.4, -0.2) is 48.3 Å². The van der Waals surface area contributed by atoms with Gasteiger partial charge in [-0.05, 0) is 49.7 Å². The zero-order valence-electron chi connectivity index (χ0n) is 18.0. The first-order valence-corrected chi connectivity index (χ1v) is 11.0. The van der Waals surface area contributed by atoms with Gasteiger partial charge in [-0.25, -0.2) is 0 Å². The van der Waals surface area contributed by atoms with Crippen LogP contribution in [0.15, 0.2) is 64.1 Å². The van der Waals surface area contributed by atoms with E-state index in [4.69, 9.17) is 21.1 Å². The van der Waals surface area contributed by atoms with Crippen LogP contribution >= 0.6 is 35.6 Å². The Balaban J connectivity index is 0.00000289. The molecule has 2 aromatic carbocycles. The van der Waals surface area contributed by atoms with Crippen molar-refractivity contribution in [2.24, 2.45) is 4.99 Å². The number of guanidine groups is 1. The fraction of sp³-hybridized carbons (Fsp3) is 0.348. The second kappa shape index (κ2) is 12.1. The Morgan fingerprint density at radius 3 is 2.72 bits per heavy atom. The van der Waals surface area contributed by atoms with Crippen molar-refractivity contribution in [2.45, 2.75) is 25.8 Å². The Labute approximate surface area is 210 Å². The predicted molar refractivity (Wildman–Crippen MR) is 140 cm³/mol. The van der Waals surface area contributed by atoms with Crippen LogP contribution in [-0.2, 0) is 6.42 Å². The van der Waals surface area contributed by atoms with E-state index in [0.29, 0.717) is 35.7 Å². The zero-order valence-corrected chi connectivity index (χ0v) is 21.1. The van der Waals surface area contributed by atoms with E-state index in [1.54, 1.807) is 0 Å². The van der Waals surface area contributed by atoms with Crippen LogP contribution < -0.4 is 15.5 Å². The summed E-state index contributed by atoms with van der Waals surface area (Å²) in [6.07, 6.45) is 1.66. The molecule has 1 aliphatic heterocycles. The molecule has 0 saturated carbocycles. The minimum atomic E-state index is 0. The number of rotatable bonds is 7. The minimum Gasteiger partial charge on any atom is -0.369 e. The lowest BCUT2D eigenvalue weighted by Crippen LogP contribution is -2.44. The van der Waals surface area contributed by atoms with Crippen molar-refractivity contribution in [3.05, 3.63) is 65.5 Å². The highest BCUT2D eigenvalue weighted by Gasteiger charge is 2.23. The maximum absolute atomic E-state index is 5.93. The molecule has 2 heterocycles. The molecule has 7 nitrogen and oxygen atoms in total. The van der Waals surface area contributed by atoms with Gasteiger partial charge >= 0.3 is 0 Å². The van der Waals surface area contributed by atoms with Crippen LogP contribution in [0.3, 0.4) is 0 Å². The third-order valence-electron chi connectivity index (χ3n) is 5.16. The van der Waals surface area contributed by atoms with Crippen LogP contribution in [0.1, 0.15) is 19.2 Å². The van der Waals surface area contributed by atoms with E-state index in [1.807, 2.05) is 30.3 Å². The number of benzene rings is 2. The topological polar surface area (TPSA) is 78.6 Å². The molecule has 0 aliphatic carbocycles. The molecular weight excluding hydrogens is 539 g/mol. The number of hydrogen-bond donors (Lipinski definition) is 2. The molecule has 4 rings (SSSR count). The van der Waals surface area contributed by atoms with Crippen LogP contribution in [0.25, 0.3) is 11.4 Å². The molecule has 0 amide bonds. The number of nitrogens with one attached hydrogen (secondary N) is 2. The fourth-order valence-electron chi connectivity index (χ4n) is 3.60. The van der Waals surface area contributed by atoms with E-state index < -0.39 is 0 Å². The first kappa shape index (κ1) is 24.3. The van der Waals surface area contributed by atoms with Crippen molar-refractivity contribution in [2.75, 3.05) is 31.1 Å². The molecule has 1 saturated heterocycles. The summed E-state index contributed by atoms with van der Waals surface area (Å²) < 4.78 is 5.38. The number of nitrogens with zero attached hydrogens (tertiary/aromatic N) is 4. The van der Waals surface area contributed by atoms with Crippen LogP contribution in [0.2, 0.25) is 5.02 Å². The fourth-order valence-corrected chi connectivity index (χ4v) is 3.73. The van der Waals surface area contributed by atoms with E-state index in [-0.39, 0.29) is 24.0 Å². The molecule has 9 heteroatoms. The van der Waals surface area contributed by atoms with Crippen molar-refractivity contribution in [1.82, 2.24) is 20.8 Å². The number of aromatic nitrogens is 2. The lowest BCUT2D eigenvalue weighted by Gasteiger charge is -2.20. The van der Waals surface area contributed by atoms with Crippen LogP contribution in [0.4, 0.5) is 5.69 Å². The molecule has 0 radical (unpaired) electrons. The summed E-state index contributed by atoms with van der Waals surface area (Å²) in [6, 6.07) is 18.3. The van der Waals surface area contributed by atoms with Gasteiger partial charge in [0.25, 0.3) is 0 Å². The quantitative estimate of drug-likeness (QED) is 0.251. The zero-order chi connectivity index (χ0) is 21.5. The molecule has 1 unspecified atom stereocenters. The second-order valence-corrected chi connectivity index (χ2v) is 7.88. The average molecular weight is 567 g/mol. The van der Waals surface area contributed by atoms with Gasteiger partial charge in [-0.1, -0.05) is 35.0 Å². The molecule has 0 bridgehead atoms. The molecule has 170 valence electrons. The van der Waals surface area contributed by atoms with Gasteiger partial charge in [0.05, 0.1) is 6.54 Å². The summed E-state index contributed by atoms with van der Waals surface area (Å²) in [5.74, 6) is 1.95. The largest absolute Gasteiger partial charge is 0.369 e. The Bertz CT molecular complexity index is 995. The van der Waals surface area contributed by atoms with Crippen molar-refractivity contribution in [3.63, 3.8) is 0 Å². The van der Waals surface area contributed by atoms with Gasteiger partial charge in [-0.2, -0.15) is 4.98 Å².